The Morgan fingerprint density at radius 1 is 1.41 bits per heavy atom. The van der Waals surface area contributed by atoms with Gasteiger partial charge in [0.1, 0.15) is 5.82 Å². The minimum absolute atomic E-state index is 0.218. The molecule has 4 nitrogen and oxygen atoms in total. The summed E-state index contributed by atoms with van der Waals surface area (Å²) < 4.78 is 5.70. The van der Waals surface area contributed by atoms with Crippen LogP contribution in [0.1, 0.15) is 32.4 Å². The fourth-order valence-electron chi connectivity index (χ4n) is 2.23. The Balaban J connectivity index is 2.18. The quantitative estimate of drug-likeness (QED) is 0.849. The summed E-state index contributed by atoms with van der Waals surface area (Å²) in [6.45, 7) is 7.60. The van der Waals surface area contributed by atoms with Gasteiger partial charge >= 0.3 is 0 Å². The van der Waals surface area contributed by atoms with Crippen LogP contribution < -0.4 is 4.90 Å². The van der Waals surface area contributed by atoms with Crippen molar-refractivity contribution >= 4 is 5.82 Å². The van der Waals surface area contributed by atoms with Gasteiger partial charge in [-0.15, -0.1) is 0 Å². The average Bonchev–Trinajstić information content (AvgIpc) is 2.28. The Kier molecular flexibility index (Phi) is 3.64. The maximum Gasteiger partial charge on any atom is 0.129 e. The number of morpholine rings is 1. The summed E-state index contributed by atoms with van der Waals surface area (Å²) in [6, 6.07) is 3.80. The van der Waals surface area contributed by atoms with E-state index >= 15 is 0 Å². The first-order valence-electron chi connectivity index (χ1n) is 6.10. The van der Waals surface area contributed by atoms with Crippen molar-refractivity contribution in [3.05, 3.63) is 23.9 Å². The zero-order valence-electron chi connectivity index (χ0n) is 10.6. The van der Waals surface area contributed by atoms with Crippen LogP contribution in [0.3, 0.4) is 0 Å². The van der Waals surface area contributed by atoms with E-state index in [1.807, 2.05) is 12.1 Å². The Morgan fingerprint density at radius 3 is 2.65 bits per heavy atom. The minimum Gasteiger partial charge on any atom is -0.389 e. The molecule has 4 heteroatoms. The van der Waals surface area contributed by atoms with E-state index in [1.165, 1.54) is 0 Å². The Labute approximate surface area is 102 Å². The standard InChI is InChI=1S/C13H20N2O2/c1-9-7-15(8-10(2)17-9)13-6-12(11(3)16)4-5-14-13/h4-6,9-11,16H,7-8H2,1-3H3/t9-,10+,11-/m0/s1. The molecule has 0 unspecified atom stereocenters. The summed E-state index contributed by atoms with van der Waals surface area (Å²) in [7, 11) is 0. The number of rotatable bonds is 2. The number of anilines is 1. The molecule has 17 heavy (non-hydrogen) atoms. The molecule has 1 N–H and O–H groups in total. The molecule has 2 heterocycles. The Hall–Kier alpha value is -1.13. The van der Waals surface area contributed by atoms with Gasteiger partial charge in [0.05, 0.1) is 18.3 Å². The van der Waals surface area contributed by atoms with Crippen molar-refractivity contribution < 1.29 is 9.84 Å². The lowest BCUT2D eigenvalue weighted by atomic mass is 10.1. The van der Waals surface area contributed by atoms with E-state index in [0.29, 0.717) is 0 Å². The van der Waals surface area contributed by atoms with E-state index in [4.69, 9.17) is 4.74 Å². The van der Waals surface area contributed by atoms with Gasteiger partial charge in [0.2, 0.25) is 0 Å². The highest BCUT2D eigenvalue weighted by Crippen LogP contribution is 2.21. The number of ether oxygens (including phenoxy) is 1. The molecule has 3 atom stereocenters. The molecule has 0 saturated carbocycles. The molecule has 0 aliphatic carbocycles. The number of pyridine rings is 1. The molecule has 0 amide bonds. The topological polar surface area (TPSA) is 45.6 Å². The predicted molar refractivity (Wildman–Crippen MR) is 67.1 cm³/mol. The van der Waals surface area contributed by atoms with Crippen molar-refractivity contribution in [3.8, 4) is 0 Å². The van der Waals surface area contributed by atoms with Crippen LogP contribution in [0.4, 0.5) is 5.82 Å². The fourth-order valence-corrected chi connectivity index (χ4v) is 2.23. The summed E-state index contributed by atoms with van der Waals surface area (Å²) in [4.78, 5) is 6.59. The third kappa shape index (κ3) is 2.96. The Bertz CT molecular complexity index is 371. The van der Waals surface area contributed by atoms with Crippen molar-refractivity contribution in [1.82, 2.24) is 4.98 Å². The van der Waals surface area contributed by atoms with Gasteiger partial charge in [0, 0.05) is 19.3 Å². The normalized spacial score (nSPS) is 26.9. The van der Waals surface area contributed by atoms with E-state index in [1.54, 1.807) is 13.1 Å². The highest BCUT2D eigenvalue weighted by atomic mass is 16.5. The summed E-state index contributed by atoms with van der Waals surface area (Å²) in [6.07, 6.45) is 1.74. The zero-order valence-corrected chi connectivity index (χ0v) is 10.6. The fraction of sp³-hybridized carbons (Fsp3) is 0.615. The third-order valence-corrected chi connectivity index (χ3v) is 3.00. The first-order valence-corrected chi connectivity index (χ1v) is 6.10. The van der Waals surface area contributed by atoms with Gasteiger partial charge in [-0.05, 0) is 38.5 Å². The zero-order chi connectivity index (χ0) is 12.4. The molecule has 1 aromatic heterocycles. The number of nitrogens with zero attached hydrogens (tertiary/aromatic N) is 2. The second-order valence-electron chi connectivity index (χ2n) is 4.79. The van der Waals surface area contributed by atoms with E-state index in [2.05, 4.69) is 23.7 Å². The molecule has 0 radical (unpaired) electrons. The van der Waals surface area contributed by atoms with Gasteiger partial charge in [-0.3, -0.25) is 0 Å². The van der Waals surface area contributed by atoms with Gasteiger partial charge in [-0.25, -0.2) is 4.98 Å². The van der Waals surface area contributed by atoms with Gasteiger partial charge in [-0.1, -0.05) is 0 Å². The van der Waals surface area contributed by atoms with Crippen LogP contribution in [0.15, 0.2) is 18.3 Å². The van der Waals surface area contributed by atoms with Crippen LogP contribution in [-0.2, 0) is 4.74 Å². The van der Waals surface area contributed by atoms with Crippen molar-refractivity contribution in [3.63, 3.8) is 0 Å². The molecule has 94 valence electrons. The van der Waals surface area contributed by atoms with Gasteiger partial charge in [-0.2, -0.15) is 0 Å². The maximum absolute atomic E-state index is 9.58. The number of aliphatic hydroxyl groups excluding tert-OH is 1. The van der Waals surface area contributed by atoms with Crippen LogP contribution in [0.2, 0.25) is 0 Å². The molecule has 0 bridgehead atoms. The first kappa shape index (κ1) is 12.3. The molecular formula is C13H20N2O2. The SMILES string of the molecule is C[C@@H]1CN(c2cc([C@H](C)O)ccn2)C[C@H](C)O1. The second-order valence-corrected chi connectivity index (χ2v) is 4.79. The predicted octanol–water partition coefficient (Wildman–Crippen LogP) is 1.75. The van der Waals surface area contributed by atoms with E-state index < -0.39 is 6.10 Å². The number of aromatic nitrogens is 1. The highest BCUT2D eigenvalue weighted by Gasteiger charge is 2.23. The van der Waals surface area contributed by atoms with Crippen LogP contribution in [-0.4, -0.2) is 35.4 Å². The van der Waals surface area contributed by atoms with E-state index in [9.17, 15) is 5.11 Å². The number of aliphatic hydroxyl groups is 1. The van der Waals surface area contributed by atoms with Crippen LogP contribution in [0.25, 0.3) is 0 Å². The van der Waals surface area contributed by atoms with Crippen LogP contribution in [0, 0.1) is 0 Å². The Morgan fingerprint density at radius 2 is 2.06 bits per heavy atom. The minimum atomic E-state index is -0.451. The summed E-state index contributed by atoms with van der Waals surface area (Å²) in [5, 5.41) is 9.58. The lowest BCUT2D eigenvalue weighted by molar-refractivity contribution is -0.00546. The molecule has 0 aromatic carbocycles. The molecule has 1 saturated heterocycles. The number of hydrogen-bond donors (Lipinski definition) is 1. The van der Waals surface area contributed by atoms with Crippen molar-refractivity contribution in [2.45, 2.75) is 39.1 Å². The van der Waals surface area contributed by atoms with E-state index in [0.717, 1.165) is 24.5 Å². The van der Waals surface area contributed by atoms with Gasteiger partial charge < -0.3 is 14.7 Å². The largest absolute Gasteiger partial charge is 0.389 e. The van der Waals surface area contributed by atoms with Crippen LogP contribution >= 0.6 is 0 Å². The van der Waals surface area contributed by atoms with Gasteiger partial charge in [0.25, 0.3) is 0 Å². The first-order chi connectivity index (χ1) is 8.06. The molecule has 0 spiro atoms. The molecule has 1 aromatic rings. The smallest absolute Gasteiger partial charge is 0.129 e. The lowest BCUT2D eigenvalue weighted by Crippen LogP contribution is -2.45. The highest BCUT2D eigenvalue weighted by molar-refractivity contribution is 5.42. The lowest BCUT2D eigenvalue weighted by Gasteiger charge is -2.36. The summed E-state index contributed by atoms with van der Waals surface area (Å²) in [5.41, 5.74) is 0.904. The molecule has 2 rings (SSSR count). The second kappa shape index (κ2) is 5.02. The molecular weight excluding hydrogens is 216 g/mol. The molecule has 1 aliphatic heterocycles. The summed E-state index contributed by atoms with van der Waals surface area (Å²) in [5.74, 6) is 0.922. The maximum atomic E-state index is 9.58. The van der Waals surface area contributed by atoms with Crippen molar-refractivity contribution in [2.75, 3.05) is 18.0 Å². The molecule has 1 aliphatic rings. The van der Waals surface area contributed by atoms with E-state index in [-0.39, 0.29) is 12.2 Å². The van der Waals surface area contributed by atoms with Crippen LogP contribution in [0.5, 0.6) is 0 Å². The summed E-state index contributed by atoms with van der Waals surface area (Å²) >= 11 is 0. The monoisotopic (exact) mass is 236 g/mol. The van der Waals surface area contributed by atoms with Gasteiger partial charge in [0.15, 0.2) is 0 Å². The average molecular weight is 236 g/mol. The van der Waals surface area contributed by atoms with Crippen molar-refractivity contribution in [1.29, 1.82) is 0 Å². The number of hydrogen-bond acceptors (Lipinski definition) is 4. The third-order valence-electron chi connectivity index (χ3n) is 3.00. The molecule has 1 fully saturated rings. The van der Waals surface area contributed by atoms with Crippen molar-refractivity contribution in [2.24, 2.45) is 0 Å².